The van der Waals surface area contributed by atoms with Gasteiger partial charge >= 0.3 is 6.61 Å². The fourth-order valence-corrected chi connectivity index (χ4v) is 2.97. The highest BCUT2D eigenvalue weighted by Crippen LogP contribution is 2.24. The second-order valence-electron chi connectivity index (χ2n) is 7.17. The SMILES string of the molecule is COCCNC(=O)c1cnc(N[C@@H](C)COC(F)F)nc1/N=C/C1CCC(O)CC1. The van der Waals surface area contributed by atoms with Gasteiger partial charge in [-0.15, -0.1) is 0 Å². The minimum Gasteiger partial charge on any atom is -0.393 e. The Labute approximate surface area is 174 Å². The third-order valence-electron chi connectivity index (χ3n) is 4.60. The molecule has 1 atom stereocenters. The average molecular weight is 429 g/mol. The smallest absolute Gasteiger partial charge is 0.345 e. The lowest BCUT2D eigenvalue weighted by atomic mass is 9.88. The van der Waals surface area contributed by atoms with Crippen LogP contribution in [0.2, 0.25) is 0 Å². The van der Waals surface area contributed by atoms with Crippen LogP contribution in [-0.2, 0) is 9.47 Å². The van der Waals surface area contributed by atoms with Crippen molar-refractivity contribution in [1.29, 1.82) is 0 Å². The number of nitrogens with zero attached hydrogens (tertiary/aromatic N) is 3. The van der Waals surface area contributed by atoms with Gasteiger partial charge in [-0.3, -0.25) is 4.79 Å². The minimum absolute atomic E-state index is 0.153. The highest BCUT2D eigenvalue weighted by atomic mass is 19.3. The first-order valence-corrected chi connectivity index (χ1v) is 9.91. The summed E-state index contributed by atoms with van der Waals surface area (Å²) in [5.74, 6) is 0.122. The molecule has 0 saturated heterocycles. The van der Waals surface area contributed by atoms with E-state index in [2.05, 4.69) is 30.3 Å². The van der Waals surface area contributed by atoms with Crippen molar-refractivity contribution in [1.82, 2.24) is 15.3 Å². The van der Waals surface area contributed by atoms with Crippen molar-refractivity contribution in [2.24, 2.45) is 10.9 Å². The normalized spacial score (nSPS) is 20.5. The number of aliphatic hydroxyl groups excluding tert-OH is 1. The zero-order valence-corrected chi connectivity index (χ0v) is 17.2. The third kappa shape index (κ3) is 8.25. The van der Waals surface area contributed by atoms with Gasteiger partial charge in [-0.1, -0.05) is 0 Å². The lowest BCUT2D eigenvalue weighted by molar-refractivity contribution is -0.130. The molecule has 168 valence electrons. The first-order chi connectivity index (χ1) is 14.4. The fraction of sp³-hybridized carbons (Fsp3) is 0.684. The number of amides is 1. The number of rotatable bonds is 11. The van der Waals surface area contributed by atoms with E-state index in [-0.39, 0.29) is 41.9 Å². The molecule has 1 heterocycles. The summed E-state index contributed by atoms with van der Waals surface area (Å²) >= 11 is 0. The number of aliphatic imine (C=N–C) groups is 1. The van der Waals surface area contributed by atoms with Crippen LogP contribution < -0.4 is 10.6 Å². The Balaban J connectivity index is 2.13. The number of carbonyl (C=O) groups excluding carboxylic acids is 1. The van der Waals surface area contributed by atoms with E-state index < -0.39 is 12.7 Å². The van der Waals surface area contributed by atoms with Crippen LogP contribution in [0.25, 0.3) is 0 Å². The van der Waals surface area contributed by atoms with E-state index in [9.17, 15) is 18.7 Å². The molecule has 1 aromatic rings. The second kappa shape index (κ2) is 12.5. The van der Waals surface area contributed by atoms with E-state index in [1.54, 1.807) is 13.1 Å². The molecule has 0 aromatic carbocycles. The van der Waals surface area contributed by atoms with Crippen LogP contribution >= 0.6 is 0 Å². The number of carbonyl (C=O) groups is 1. The summed E-state index contributed by atoms with van der Waals surface area (Å²) in [6, 6.07) is -0.475. The lowest BCUT2D eigenvalue weighted by Crippen LogP contribution is -2.28. The molecule has 1 fully saturated rings. The number of anilines is 1. The Kier molecular flexibility index (Phi) is 9.98. The van der Waals surface area contributed by atoms with Crippen molar-refractivity contribution in [3.8, 4) is 0 Å². The Morgan fingerprint density at radius 3 is 2.80 bits per heavy atom. The van der Waals surface area contributed by atoms with E-state index in [1.165, 1.54) is 13.3 Å². The summed E-state index contributed by atoms with van der Waals surface area (Å²) in [4.78, 5) is 25.3. The average Bonchev–Trinajstić information content (AvgIpc) is 2.72. The van der Waals surface area contributed by atoms with Gasteiger partial charge in [0, 0.05) is 32.1 Å². The Bertz CT molecular complexity index is 700. The molecule has 0 bridgehead atoms. The molecule has 1 aliphatic rings. The molecule has 1 aliphatic carbocycles. The first-order valence-electron chi connectivity index (χ1n) is 9.91. The van der Waals surface area contributed by atoms with Crippen LogP contribution in [0.5, 0.6) is 0 Å². The fourth-order valence-electron chi connectivity index (χ4n) is 2.97. The van der Waals surface area contributed by atoms with Gasteiger partial charge in [0.2, 0.25) is 5.95 Å². The number of hydrogen-bond acceptors (Lipinski definition) is 8. The highest BCUT2D eigenvalue weighted by Gasteiger charge is 2.19. The van der Waals surface area contributed by atoms with E-state index >= 15 is 0 Å². The molecule has 30 heavy (non-hydrogen) atoms. The molecule has 1 amide bonds. The van der Waals surface area contributed by atoms with Crippen molar-refractivity contribution in [2.45, 2.75) is 51.4 Å². The van der Waals surface area contributed by atoms with Gasteiger partial charge < -0.3 is 25.2 Å². The van der Waals surface area contributed by atoms with Crippen molar-refractivity contribution in [3.05, 3.63) is 11.8 Å². The molecule has 9 nitrogen and oxygen atoms in total. The van der Waals surface area contributed by atoms with Gasteiger partial charge in [0.05, 0.1) is 19.3 Å². The zero-order valence-electron chi connectivity index (χ0n) is 17.2. The monoisotopic (exact) mass is 429 g/mol. The second-order valence-corrected chi connectivity index (χ2v) is 7.17. The van der Waals surface area contributed by atoms with E-state index in [4.69, 9.17) is 4.74 Å². The maximum absolute atomic E-state index is 12.5. The van der Waals surface area contributed by atoms with E-state index in [1.807, 2.05) is 0 Å². The molecule has 0 radical (unpaired) electrons. The Morgan fingerprint density at radius 2 is 2.13 bits per heavy atom. The maximum atomic E-state index is 12.5. The lowest BCUT2D eigenvalue weighted by Gasteiger charge is -2.22. The summed E-state index contributed by atoms with van der Waals surface area (Å²) in [7, 11) is 1.53. The Hall–Kier alpha value is -2.24. The van der Waals surface area contributed by atoms with Gasteiger partial charge in [-0.05, 0) is 38.5 Å². The molecule has 0 unspecified atom stereocenters. The maximum Gasteiger partial charge on any atom is 0.345 e. The molecule has 3 N–H and O–H groups in total. The Morgan fingerprint density at radius 1 is 1.40 bits per heavy atom. The number of methoxy groups -OCH3 is 1. The molecular weight excluding hydrogens is 400 g/mol. The minimum atomic E-state index is -2.86. The number of aromatic nitrogens is 2. The molecule has 0 aliphatic heterocycles. The molecule has 1 saturated carbocycles. The molecular formula is C19H29F2N5O4. The van der Waals surface area contributed by atoms with E-state index in [0.29, 0.717) is 26.0 Å². The van der Waals surface area contributed by atoms with Crippen molar-refractivity contribution < 1.29 is 28.2 Å². The van der Waals surface area contributed by atoms with Crippen LogP contribution in [0, 0.1) is 5.92 Å². The zero-order chi connectivity index (χ0) is 21.9. The van der Waals surface area contributed by atoms with Crippen LogP contribution in [0.3, 0.4) is 0 Å². The largest absolute Gasteiger partial charge is 0.393 e. The van der Waals surface area contributed by atoms with Gasteiger partial charge in [-0.2, -0.15) is 13.8 Å². The van der Waals surface area contributed by atoms with Crippen molar-refractivity contribution in [2.75, 3.05) is 32.2 Å². The van der Waals surface area contributed by atoms with Gasteiger partial charge in [0.1, 0.15) is 5.56 Å². The number of halogens is 2. The molecule has 0 spiro atoms. The quantitative estimate of drug-likeness (QED) is 0.364. The molecule has 2 rings (SSSR count). The summed E-state index contributed by atoms with van der Waals surface area (Å²) in [6.07, 6.45) is 5.83. The van der Waals surface area contributed by atoms with Crippen molar-refractivity contribution >= 4 is 23.9 Å². The first kappa shape index (κ1) is 24.0. The number of alkyl halides is 2. The molecule has 1 aromatic heterocycles. The summed E-state index contributed by atoms with van der Waals surface area (Å²) < 4.78 is 33.6. The predicted molar refractivity (Wildman–Crippen MR) is 107 cm³/mol. The molecule has 11 heteroatoms. The summed E-state index contributed by atoms with van der Waals surface area (Å²) in [5.41, 5.74) is 0.195. The van der Waals surface area contributed by atoms with Crippen LogP contribution in [0.15, 0.2) is 11.2 Å². The number of aliphatic hydroxyl groups is 1. The number of nitrogens with one attached hydrogen (secondary N) is 2. The summed E-state index contributed by atoms with van der Waals surface area (Å²) in [6.45, 7) is -0.767. The van der Waals surface area contributed by atoms with Gasteiger partial charge in [0.25, 0.3) is 5.91 Å². The number of ether oxygens (including phenoxy) is 2. The standard InChI is InChI=1S/C19H29F2N5O4/c1-12(11-30-18(20)21)25-19-24-10-15(17(28)22-7-8-29-2)16(26-19)23-9-13-3-5-14(27)6-4-13/h9-10,12-14,18,27H,3-8,11H2,1-2H3,(H,22,28)(H,24,25,26)/b23-9+/t12-,13?,14?/m0/s1. The summed E-state index contributed by atoms with van der Waals surface area (Å²) in [5, 5.41) is 15.2. The third-order valence-corrected chi connectivity index (χ3v) is 4.60. The van der Waals surface area contributed by atoms with E-state index in [0.717, 1.165) is 12.8 Å². The van der Waals surface area contributed by atoms with Crippen LogP contribution in [0.1, 0.15) is 43.0 Å². The topological polar surface area (TPSA) is 118 Å². The van der Waals surface area contributed by atoms with Gasteiger partial charge in [-0.25, -0.2) is 9.98 Å². The predicted octanol–water partition coefficient (Wildman–Crippen LogP) is 2.15. The van der Waals surface area contributed by atoms with Crippen LogP contribution in [0.4, 0.5) is 20.5 Å². The van der Waals surface area contributed by atoms with Crippen molar-refractivity contribution in [3.63, 3.8) is 0 Å². The number of hydrogen-bond donors (Lipinski definition) is 3. The highest BCUT2D eigenvalue weighted by molar-refractivity contribution is 5.98. The van der Waals surface area contributed by atoms with Crippen LogP contribution in [-0.4, -0.2) is 72.8 Å². The van der Waals surface area contributed by atoms with Gasteiger partial charge in [0.15, 0.2) is 5.82 Å².